The lowest BCUT2D eigenvalue weighted by molar-refractivity contribution is -0.140. The third-order valence-electron chi connectivity index (χ3n) is 2.80. The van der Waals surface area contributed by atoms with Gasteiger partial charge in [0, 0.05) is 0 Å². The van der Waals surface area contributed by atoms with Gasteiger partial charge in [0.25, 0.3) is 0 Å². The minimum atomic E-state index is -1.25. The number of aliphatic carboxylic acids is 2. The van der Waals surface area contributed by atoms with Crippen molar-refractivity contribution in [2.45, 2.75) is 0 Å². The number of aromatic carboxylic acids is 1. The lowest BCUT2D eigenvalue weighted by atomic mass is 10.2. The molecule has 0 atom stereocenters. The van der Waals surface area contributed by atoms with E-state index in [4.69, 9.17) is 19.7 Å². The minimum Gasteiger partial charge on any atom is -0.482 e. The van der Waals surface area contributed by atoms with Gasteiger partial charge in [-0.3, -0.25) is 0 Å². The first kappa shape index (κ1) is 18.7. The summed E-state index contributed by atoms with van der Waals surface area (Å²) in [5.41, 5.74) is 0.562. The molecule has 0 bridgehead atoms. The monoisotopic (exact) mass is 430 g/mol. The summed E-state index contributed by atoms with van der Waals surface area (Å²) in [5, 5.41) is 26.6. The Labute approximate surface area is 153 Å². The van der Waals surface area contributed by atoms with Crippen LogP contribution in [0.5, 0.6) is 11.5 Å². The van der Waals surface area contributed by atoms with Gasteiger partial charge in [-0.15, -0.1) is 11.3 Å². The molecule has 0 unspecified atom stereocenters. The molecule has 0 aliphatic rings. The molecular weight excluding hydrogens is 420 g/mol. The van der Waals surface area contributed by atoms with Crippen LogP contribution in [0.15, 0.2) is 28.7 Å². The molecule has 1 aromatic carbocycles. The molecule has 1 heterocycles. The van der Waals surface area contributed by atoms with Crippen LogP contribution in [0, 0.1) is 0 Å². The predicted octanol–water partition coefficient (Wildman–Crippen LogP) is 2.80. The molecule has 25 heavy (non-hydrogen) atoms. The molecule has 132 valence electrons. The number of ether oxygens (including phenoxy) is 2. The first-order chi connectivity index (χ1) is 11.8. The molecule has 0 radical (unpaired) electrons. The normalized spacial score (nSPS) is 10.3. The molecule has 10 heteroatoms. The molecule has 2 rings (SSSR count). The number of carboxylic acid groups (broad SMARTS) is 3. The molecule has 8 nitrogen and oxygen atoms in total. The van der Waals surface area contributed by atoms with Gasteiger partial charge in [0.15, 0.2) is 23.8 Å². The Bertz CT molecular complexity index is 829. The first-order valence-corrected chi connectivity index (χ1v) is 8.25. The number of carboxylic acids is 3. The molecule has 0 aliphatic heterocycles. The highest BCUT2D eigenvalue weighted by molar-refractivity contribution is 9.10. The number of benzene rings is 1. The van der Waals surface area contributed by atoms with Crippen molar-refractivity contribution < 1.29 is 39.2 Å². The fraction of sp³-hybridized carbons (Fsp3) is 0.133. The topological polar surface area (TPSA) is 130 Å². The van der Waals surface area contributed by atoms with E-state index >= 15 is 0 Å². The summed E-state index contributed by atoms with van der Waals surface area (Å²) < 4.78 is 10.5. The third kappa shape index (κ3) is 4.70. The van der Waals surface area contributed by atoms with E-state index in [-0.39, 0.29) is 10.6 Å². The van der Waals surface area contributed by atoms with Crippen LogP contribution in [0.3, 0.4) is 0 Å². The standard InChI is InChI=1S/C15H11BrO8S/c16-11-12(24-6-10(19)20)14(15(21)22)25-13(11)7-2-1-3-8(4-7)23-5-9(17)18/h1-4H,5-6H2,(H,17,18)(H,19,20)(H,21,22). The summed E-state index contributed by atoms with van der Waals surface area (Å²) in [7, 11) is 0. The number of thiophene rings is 1. The quantitative estimate of drug-likeness (QED) is 0.582. The summed E-state index contributed by atoms with van der Waals surface area (Å²) in [5.74, 6) is -3.40. The van der Waals surface area contributed by atoms with E-state index in [2.05, 4.69) is 15.9 Å². The number of rotatable bonds is 8. The minimum absolute atomic E-state index is 0.0771. The molecular formula is C15H11BrO8S. The van der Waals surface area contributed by atoms with Crippen molar-refractivity contribution in [3.8, 4) is 21.9 Å². The Morgan fingerprint density at radius 1 is 1.04 bits per heavy atom. The van der Waals surface area contributed by atoms with Crippen molar-refractivity contribution in [3.05, 3.63) is 33.6 Å². The molecule has 3 N–H and O–H groups in total. The van der Waals surface area contributed by atoms with Crippen molar-refractivity contribution in [2.24, 2.45) is 0 Å². The summed E-state index contributed by atoms with van der Waals surface area (Å²) in [6.45, 7) is -1.20. The molecule has 2 aromatic rings. The molecule has 0 aliphatic carbocycles. The van der Waals surface area contributed by atoms with Crippen LogP contribution in [0.2, 0.25) is 0 Å². The van der Waals surface area contributed by atoms with E-state index in [9.17, 15) is 19.5 Å². The van der Waals surface area contributed by atoms with E-state index in [0.717, 1.165) is 11.3 Å². The van der Waals surface area contributed by atoms with E-state index < -0.39 is 31.1 Å². The fourth-order valence-corrected chi connectivity index (χ4v) is 3.75. The number of halogens is 1. The summed E-state index contributed by atoms with van der Waals surface area (Å²) in [6.07, 6.45) is 0. The van der Waals surface area contributed by atoms with Gasteiger partial charge in [-0.1, -0.05) is 12.1 Å². The zero-order valence-corrected chi connectivity index (χ0v) is 14.8. The average Bonchev–Trinajstić information content (AvgIpc) is 2.88. The van der Waals surface area contributed by atoms with Crippen molar-refractivity contribution in [1.82, 2.24) is 0 Å². The van der Waals surface area contributed by atoms with Gasteiger partial charge < -0.3 is 24.8 Å². The van der Waals surface area contributed by atoms with Crippen LogP contribution in [0.4, 0.5) is 0 Å². The van der Waals surface area contributed by atoms with Crippen LogP contribution in [-0.2, 0) is 9.59 Å². The van der Waals surface area contributed by atoms with Crippen LogP contribution in [-0.4, -0.2) is 46.4 Å². The van der Waals surface area contributed by atoms with E-state index in [1.807, 2.05) is 0 Å². The van der Waals surface area contributed by atoms with Crippen LogP contribution in [0.1, 0.15) is 9.67 Å². The Morgan fingerprint density at radius 2 is 1.68 bits per heavy atom. The highest BCUT2D eigenvalue weighted by Gasteiger charge is 2.24. The van der Waals surface area contributed by atoms with Gasteiger partial charge in [0.2, 0.25) is 0 Å². The van der Waals surface area contributed by atoms with Gasteiger partial charge in [-0.2, -0.15) is 0 Å². The van der Waals surface area contributed by atoms with Gasteiger partial charge in [-0.25, -0.2) is 14.4 Å². The summed E-state index contributed by atoms with van der Waals surface area (Å²) >= 11 is 4.13. The second-order valence-corrected chi connectivity index (χ2v) is 6.41. The first-order valence-electron chi connectivity index (χ1n) is 6.64. The largest absolute Gasteiger partial charge is 0.482 e. The smallest absolute Gasteiger partial charge is 0.349 e. The number of hydrogen-bond donors (Lipinski definition) is 3. The highest BCUT2D eigenvalue weighted by Crippen LogP contribution is 2.46. The van der Waals surface area contributed by atoms with Gasteiger partial charge in [-0.05, 0) is 33.6 Å². The molecule has 0 fully saturated rings. The van der Waals surface area contributed by atoms with E-state index in [1.165, 1.54) is 0 Å². The van der Waals surface area contributed by atoms with Crippen LogP contribution >= 0.6 is 27.3 Å². The Balaban J connectivity index is 2.40. The van der Waals surface area contributed by atoms with E-state index in [1.54, 1.807) is 24.3 Å². The molecule has 0 saturated heterocycles. The van der Waals surface area contributed by atoms with Crippen molar-refractivity contribution >= 4 is 45.2 Å². The van der Waals surface area contributed by atoms with Gasteiger partial charge in [0.1, 0.15) is 5.75 Å². The maximum atomic E-state index is 11.4. The average molecular weight is 431 g/mol. The zero-order valence-electron chi connectivity index (χ0n) is 12.4. The van der Waals surface area contributed by atoms with Crippen molar-refractivity contribution in [3.63, 3.8) is 0 Å². The molecule has 0 spiro atoms. The lowest BCUT2D eigenvalue weighted by Gasteiger charge is -2.06. The Hall–Kier alpha value is -2.59. The number of hydrogen-bond acceptors (Lipinski definition) is 6. The maximum absolute atomic E-state index is 11.4. The second-order valence-electron chi connectivity index (χ2n) is 4.60. The fourth-order valence-electron chi connectivity index (χ4n) is 1.86. The lowest BCUT2D eigenvalue weighted by Crippen LogP contribution is -2.11. The summed E-state index contributed by atoms with van der Waals surface area (Å²) in [4.78, 5) is 32.9. The van der Waals surface area contributed by atoms with Crippen LogP contribution < -0.4 is 9.47 Å². The Morgan fingerprint density at radius 3 is 2.28 bits per heavy atom. The zero-order chi connectivity index (χ0) is 18.6. The van der Waals surface area contributed by atoms with E-state index in [0.29, 0.717) is 20.7 Å². The SMILES string of the molecule is O=C(O)COc1cccc(-c2sc(C(=O)O)c(OCC(=O)O)c2Br)c1. The highest BCUT2D eigenvalue weighted by atomic mass is 79.9. The maximum Gasteiger partial charge on any atom is 0.349 e. The number of carbonyl (C=O) groups is 3. The molecule has 0 amide bonds. The van der Waals surface area contributed by atoms with Crippen LogP contribution in [0.25, 0.3) is 10.4 Å². The van der Waals surface area contributed by atoms with Gasteiger partial charge in [0.05, 0.1) is 9.35 Å². The Kier molecular flexibility index (Phi) is 5.99. The molecule has 0 saturated carbocycles. The molecule has 1 aromatic heterocycles. The van der Waals surface area contributed by atoms with Crippen molar-refractivity contribution in [2.75, 3.05) is 13.2 Å². The third-order valence-corrected chi connectivity index (χ3v) is 5.03. The predicted molar refractivity (Wildman–Crippen MR) is 90.7 cm³/mol. The second kappa shape index (κ2) is 7.99. The summed E-state index contributed by atoms with van der Waals surface area (Å²) in [6, 6.07) is 6.41. The van der Waals surface area contributed by atoms with Gasteiger partial charge >= 0.3 is 17.9 Å². The van der Waals surface area contributed by atoms with Crippen molar-refractivity contribution in [1.29, 1.82) is 0 Å².